The summed E-state index contributed by atoms with van der Waals surface area (Å²) in [7, 11) is 0. The molecule has 0 spiro atoms. The van der Waals surface area contributed by atoms with Gasteiger partial charge in [-0.2, -0.15) is 0 Å². The van der Waals surface area contributed by atoms with Gasteiger partial charge >= 0.3 is 0 Å². The smallest absolute Gasteiger partial charge is 0.138 e. The number of H-pyrrole nitrogens is 1. The summed E-state index contributed by atoms with van der Waals surface area (Å²) in [6.07, 6.45) is 2.27. The molecule has 2 aromatic carbocycles. The lowest BCUT2D eigenvalue weighted by atomic mass is 9.98. The van der Waals surface area contributed by atoms with Crippen LogP contribution in [0.3, 0.4) is 0 Å². The predicted molar refractivity (Wildman–Crippen MR) is 106 cm³/mol. The summed E-state index contributed by atoms with van der Waals surface area (Å²) in [6, 6.07) is 16.2. The summed E-state index contributed by atoms with van der Waals surface area (Å²) >= 11 is 0. The maximum Gasteiger partial charge on any atom is 0.138 e. The molecule has 0 saturated heterocycles. The van der Waals surface area contributed by atoms with Gasteiger partial charge in [-0.1, -0.05) is 18.2 Å². The lowest BCUT2D eigenvalue weighted by molar-refractivity contribution is 0.315. The van der Waals surface area contributed by atoms with Gasteiger partial charge in [0.25, 0.3) is 0 Å². The molecule has 0 amide bonds. The monoisotopic (exact) mass is 347 g/mol. The van der Waals surface area contributed by atoms with Gasteiger partial charge in [0, 0.05) is 16.6 Å². The summed E-state index contributed by atoms with van der Waals surface area (Å²) in [5.41, 5.74) is 4.33. The van der Waals surface area contributed by atoms with E-state index >= 15 is 0 Å². The largest absolute Gasteiger partial charge is 0.489 e. The third-order valence-corrected chi connectivity index (χ3v) is 4.88. The minimum atomic E-state index is -0.0439. The molecule has 4 rings (SSSR count). The topological polar surface area (TPSA) is 49.9 Å². The number of nitrogens with zero attached hydrogens (tertiary/aromatic N) is 1. The van der Waals surface area contributed by atoms with Gasteiger partial charge in [-0.05, 0) is 69.7 Å². The van der Waals surface area contributed by atoms with E-state index in [4.69, 9.17) is 4.74 Å². The molecule has 26 heavy (non-hydrogen) atoms. The third kappa shape index (κ3) is 3.25. The van der Waals surface area contributed by atoms with Crippen LogP contribution in [0.1, 0.15) is 27.7 Å². The Hall–Kier alpha value is -2.59. The minimum absolute atomic E-state index is 0.00728. The lowest BCUT2D eigenvalue weighted by Crippen LogP contribution is -2.46. The molecule has 1 aliphatic heterocycles. The standard InChI is InChI=1S/C22H25N3O/c1-21(2)13-16(22(3,4)25-21)14-26-17-11-9-15(10-12-17)20-23-18-7-5-6-8-19(18)24-20/h5-13,25H,14H2,1-4H3,(H,23,24). The summed E-state index contributed by atoms with van der Waals surface area (Å²) < 4.78 is 6.03. The minimum Gasteiger partial charge on any atom is -0.489 e. The van der Waals surface area contributed by atoms with Crippen molar-refractivity contribution in [1.82, 2.24) is 15.3 Å². The van der Waals surface area contributed by atoms with Gasteiger partial charge in [0.1, 0.15) is 18.2 Å². The van der Waals surface area contributed by atoms with Crippen LogP contribution in [0.25, 0.3) is 22.4 Å². The molecule has 0 radical (unpaired) electrons. The molecular formula is C22H25N3O. The van der Waals surface area contributed by atoms with Crippen LogP contribution in [-0.2, 0) is 0 Å². The fourth-order valence-corrected chi connectivity index (χ4v) is 3.72. The molecular weight excluding hydrogens is 322 g/mol. The number of ether oxygens (including phenoxy) is 1. The quantitative estimate of drug-likeness (QED) is 0.673. The summed E-state index contributed by atoms with van der Waals surface area (Å²) in [5.74, 6) is 1.75. The number of nitrogens with one attached hydrogen (secondary N) is 2. The zero-order valence-corrected chi connectivity index (χ0v) is 15.8. The number of benzene rings is 2. The average molecular weight is 347 g/mol. The molecule has 2 heterocycles. The average Bonchev–Trinajstić information content (AvgIpc) is 3.10. The summed E-state index contributed by atoms with van der Waals surface area (Å²) in [6.45, 7) is 9.35. The van der Waals surface area contributed by atoms with Crippen molar-refractivity contribution in [3.8, 4) is 17.1 Å². The van der Waals surface area contributed by atoms with Crippen molar-refractivity contribution in [3.63, 3.8) is 0 Å². The first-order chi connectivity index (χ1) is 12.3. The van der Waals surface area contributed by atoms with E-state index in [1.54, 1.807) is 0 Å². The molecule has 0 unspecified atom stereocenters. The van der Waals surface area contributed by atoms with Crippen LogP contribution < -0.4 is 10.1 Å². The number of hydrogen-bond donors (Lipinski definition) is 2. The molecule has 4 nitrogen and oxygen atoms in total. The Morgan fingerprint density at radius 1 is 0.962 bits per heavy atom. The van der Waals surface area contributed by atoms with Gasteiger partial charge in [0.15, 0.2) is 0 Å². The maximum absolute atomic E-state index is 6.03. The molecule has 4 heteroatoms. The SMILES string of the molecule is CC1(C)C=C(COc2ccc(-c3nc4ccccc4[nH]3)cc2)C(C)(C)N1. The number of imidazole rings is 1. The van der Waals surface area contributed by atoms with E-state index in [-0.39, 0.29) is 11.1 Å². The molecule has 2 N–H and O–H groups in total. The molecule has 0 saturated carbocycles. The predicted octanol–water partition coefficient (Wildman–Crippen LogP) is 4.70. The van der Waals surface area contributed by atoms with Crippen LogP contribution in [0.15, 0.2) is 60.2 Å². The first kappa shape index (κ1) is 16.9. The summed E-state index contributed by atoms with van der Waals surface area (Å²) in [5, 5.41) is 3.61. The van der Waals surface area contributed by atoms with Crippen molar-refractivity contribution in [2.75, 3.05) is 6.61 Å². The zero-order chi connectivity index (χ0) is 18.4. The van der Waals surface area contributed by atoms with Gasteiger partial charge in [-0.15, -0.1) is 0 Å². The molecule has 0 atom stereocenters. The Morgan fingerprint density at radius 2 is 1.69 bits per heavy atom. The highest BCUT2D eigenvalue weighted by molar-refractivity contribution is 5.79. The van der Waals surface area contributed by atoms with Crippen molar-refractivity contribution in [2.45, 2.75) is 38.8 Å². The van der Waals surface area contributed by atoms with Crippen molar-refractivity contribution >= 4 is 11.0 Å². The number of aromatic nitrogens is 2. The van der Waals surface area contributed by atoms with Crippen molar-refractivity contribution < 1.29 is 4.74 Å². The molecule has 1 aliphatic rings. The molecule has 0 bridgehead atoms. The van der Waals surface area contributed by atoms with E-state index in [0.29, 0.717) is 6.61 Å². The van der Waals surface area contributed by atoms with Crippen LogP contribution in [0.5, 0.6) is 5.75 Å². The second-order valence-corrected chi connectivity index (χ2v) is 8.06. The van der Waals surface area contributed by atoms with E-state index < -0.39 is 0 Å². The molecule has 1 aromatic heterocycles. The fraction of sp³-hybridized carbons (Fsp3) is 0.318. The van der Waals surface area contributed by atoms with Crippen LogP contribution in [0, 0.1) is 0 Å². The fourth-order valence-electron chi connectivity index (χ4n) is 3.72. The molecule has 0 aliphatic carbocycles. The third-order valence-electron chi connectivity index (χ3n) is 4.88. The normalized spacial score (nSPS) is 18.1. The first-order valence-corrected chi connectivity index (χ1v) is 9.02. The van der Waals surface area contributed by atoms with Crippen LogP contribution in [0.4, 0.5) is 0 Å². The number of para-hydroxylation sites is 2. The van der Waals surface area contributed by atoms with Crippen molar-refractivity contribution in [1.29, 1.82) is 0 Å². The molecule has 3 aromatic rings. The highest BCUT2D eigenvalue weighted by atomic mass is 16.5. The second kappa shape index (κ2) is 5.99. The Labute approximate surface area is 154 Å². The van der Waals surface area contributed by atoms with Crippen LogP contribution in [-0.4, -0.2) is 27.7 Å². The maximum atomic E-state index is 6.03. The van der Waals surface area contributed by atoms with Gasteiger partial charge < -0.3 is 9.72 Å². The van der Waals surface area contributed by atoms with E-state index in [1.807, 2.05) is 48.5 Å². The van der Waals surface area contributed by atoms with E-state index in [1.165, 1.54) is 5.57 Å². The number of aromatic amines is 1. The van der Waals surface area contributed by atoms with E-state index in [9.17, 15) is 0 Å². The Bertz CT molecular complexity index is 931. The van der Waals surface area contributed by atoms with Crippen LogP contribution >= 0.6 is 0 Å². The Kier molecular flexibility index (Phi) is 3.88. The van der Waals surface area contributed by atoms with Crippen molar-refractivity contribution in [2.24, 2.45) is 0 Å². The second-order valence-electron chi connectivity index (χ2n) is 8.06. The van der Waals surface area contributed by atoms with Gasteiger partial charge in [-0.25, -0.2) is 4.98 Å². The lowest BCUT2D eigenvalue weighted by Gasteiger charge is -2.28. The Morgan fingerprint density at radius 3 is 2.35 bits per heavy atom. The highest BCUT2D eigenvalue weighted by Crippen LogP contribution is 2.30. The first-order valence-electron chi connectivity index (χ1n) is 9.02. The Balaban J connectivity index is 1.48. The van der Waals surface area contributed by atoms with E-state index in [0.717, 1.165) is 28.2 Å². The van der Waals surface area contributed by atoms with Crippen molar-refractivity contribution in [3.05, 3.63) is 60.2 Å². The van der Waals surface area contributed by atoms with Gasteiger partial charge in [0.2, 0.25) is 0 Å². The van der Waals surface area contributed by atoms with E-state index in [2.05, 4.69) is 49.1 Å². The summed E-state index contributed by atoms with van der Waals surface area (Å²) in [4.78, 5) is 8.00. The number of rotatable bonds is 4. The highest BCUT2D eigenvalue weighted by Gasteiger charge is 2.36. The zero-order valence-electron chi connectivity index (χ0n) is 15.8. The van der Waals surface area contributed by atoms with Gasteiger partial charge in [0.05, 0.1) is 11.0 Å². The van der Waals surface area contributed by atoms with Gasteiger partial charge in [-0.3, -0.25) is 5.32 Å². The molecule has 134 valence electrons. The van der Waals surface area contributed by atoms with Crippen LogP contribution in [0.2, 0.25) is 0 Å². The molecule has 0 fully saturated rings. The number of fused-ring (bicyclic) bond motifs is 1. The number of hydrogen-bond acceptors (Lipinski definition) is 3.